The Kier molecular flexibility index (Phi) is 4.89. The monoisotopic (exact) mass is 378 g/mol. The van der Waals surface area contributed by atoms with E-state index in [1.807, 2.05) is 56.0 Å². The summed E-state index contributed by atoms with van der Waals surface area (Å²) in [4.78, 5) is 19.9. The van der Waals surface area contributed by atoms with Crippen molar-refractivity contribution in [2.45, 2.75) is 39.7 Å². The fourth-order valence-corrected chi connectivity index (χ4v) is 3.93. The second-order valence-electron chi connectivity index (χ2n) is 7.86. The number of aryl methyl sites for hydroxylation is 2. The van der Waals surface area contributed by atoms with Crippen LogP contribution in [0.25, 0.3) is 22.4 Å². The lowest BCUT2D eigenvalue weighted by molar-refractivity contribution is 0.0683. The lowest BCUT2D eigenvalue weighted by Gasteiger charge is -2.33. The normalized spacial score (nSPS) is 16.5. The molecule has 0 spiro atoms. The van der Waals surface area contributed by atoms with E-state index in [-0.39, 0.29) is 11.9 Å². The molecule has 0 saturated carbocycles. The lowest BCUT2D eigenvalue weighted by atomic mass is 9.90. The van der Waals surface area contributed by atoms with Gasteiger partial charge in [-0.1, -0.05) is 35.0 Å². The first-order chi connectivity index (χ1) is 13.4. The van der Waals surface area contributed by atoms with E-state index in [0.717, 1.165) is 37.2 Å². The Labute approximate surface area is 164 Å². The molecule has 4 rings (SSSR count). The van der Waals surface area contributed by atoms with Crippen LogP contribution in [0.3, 0.4) is 0 Å². The SMILES string of the molecule is Cc1ccc(-c2cc(C(=O)N3CCC(C(C)N)CC3)c3c(C)noc3n2)cc1. The van der Waals surface area contributed by atoms with Crippen LogP contribution in [0, 0.1) is 19.8 Å². The summed E-state index contributed by atoms with van der Waals surface area (Å²) in [5, 5.41) is 4.75. The first-order valence-electron chi connectivity index (χ1n) is 9.83. The van der Waals surface area contributed by atoms with Gasteiger partial charge in [0.05, 0.1) is 22.3 Å². The second-order valence-corrected chi connectivity index (χ2v) is 7.86. The van der Waals surface area contributed by atoms with Gasteiger partial charge < -0.3 is 15.2 Å². The molecule has 28 heavy (non-hydrogen) atoms. The van der Waals surface area contributed by atoms with Crippen LogP contribution in [-0.2, 0) is 0 Å². The number of benzene rings is 1. The third-order valence-electron chi connectivity index (χ3n) is 5.77. The molecule has 0 radical (unpaired) electrons. The van der Waals surface area contributed by atoms with E-state index in [1.165, 1.54) is 5.56 Å². The third-order valence-corrected chi connectivity index (χ3v) is 5.77. The Morgan fingerprint density at radius 1 is 1.21 bits per heavy atom. The van der Waals surface area contributed by atoms with Crippen LogP contribution >= 0.6 is 0 Å². The number of aromatic nitrogens is 2. The molecular formula is C22H26N4O2. The standard InChI is InChI=1S/C22H26N4O2/c1-13-4-6-17(7-5-13)19-12-18(20-15(3)25-28-21(20)24-19)22(27)26-10-8-16(9-11-26)14(2)23/h4-7,12,14,16H,8-11,23H2,1-3H3. The first-order valence-corrected chi connectivity index (χ1v) is 9.83. The number of hydrogen-bond acceptors (Lipinski definition) is 5. The number of fused-ring (bicyclic) bond motifs is 1. The predicted octanol–water partition coefficient (Wildman–Crippen LogP) is 3.71. The molecule has 1 saturated heterocycles. The average molecular weight is 378 g/mol. The second kappa shape index (κ2) is 7.36. The highest BCUT2D eigenvalue weighted by Crippen LogP contribution is 2.29. The zero-order valence-corrected chi connectivity index (χ0v) is 16.6. The molecule has 3 heterocycles. The van der Waals surface area contributed by atoms with Crippen molar-refractivity contribution in [2.75, 3.05) is 13.1 Å². The summed E-state index contributed by atoms with van der Waals surface area (Å²) < 4.78 is 5.41. The van der Waals surface area contributed by atoms with E-state index in [9.17, 15) is 4.79 Å². The van der Waals surface area contributed by atoms with Crippen LogP contribution < -0.4 is 5.73 Å². The largest absolute Gasteiger partial charge is 0.339 e. The van der Waals surface area contributed by atoms with Crippen LogP contribution in [-0.4, -0.2) is 40.1 Å². The highest BCUT2D eigenvalue weighted by molar-refractivity contribution is 6.07. The van der Waals surface area contributed by atoms with Crippen molar-refractivity contribution < 1.29 is 9.32 Å². The number of rotatable bonds is 3. The Morgan fingerprint density at radius 3 is 2.54 bits per heavy atom. The quantitative estimate of drug-likeness (QED) is 0.751. The summed E-state index contributed by atoms with van der Waals surface area (Å²) in [6.07, 6.45) is 1.87. The zero-order chi connectivity index (χ0) is 19.8. The summed E-state index contributed by atoms with van der Waals surface area (Å²) >= 11 is 0. The van der Waals surface area contributed by atoms with E-state index >= 15 is 0 Å². The number of pyridine rings is 1. The summed E-state index contributed by atoms with van der Waals surface area (Å²) in [6, 6.07) is 10.1. The molecule has 6 heteroatoms. The van der Waals surface area contributed by atoms with E-state index in [4.69, 9.17) is 10.3 Å². The smallest absolute Gasteiger partial charge is 0.259 e. The number of likely N-dealkylation sites (tertiary alicyclic amines) is 1. The van der Waals surface area contributed by atoms with Crippen LogP contribution in [0.15, 0.2) is 34.9 Å². The molecular weight excluding hydrogens is 352 g/mol. The van der Waals surface area contributed by atoms with Gasteiger partial charge in [-0.2, -0.15) is 0 Å². The fourth-order valence-electron chi connectivity index (χ4n) is 3.93. The van der Waals surface area contributed by atoms with Crippen LogP contribution in [0.4, 0.5) is 0 Å². The number of nitrogens with two attached hydrogens (primary N) is 1. The molecule has 0 aliphatic carbocycles. The first kappa shape index (κ1) is 18.6. The van der Waals surface area contributed by atoms with Crippen molar-refractivity contribution in [3.05, 3.63) is 47.2 Å². The van der Waals surface area contributed by atoms with Gasteiger partial charge in [0.25, 0.3) is 11.6 Å². The molecule has 2 aromatic heterocycles. The Bertz CT molecular complexity index is 999. The van der Waals surface area contributed by atoms with Crippen LogP contribution in [0.5, 0.6) is 0 Å². The van der Waals surface area contributed by atoms with E-state index < -0.39 is 0 Å². The highest BCUT2D eigenvalue weighted by atomic mass is 16.5. The van der Waals surface area contributed by atoms with E-state index in [0.29, 0.717) is 28.3 Å². The van der Waals surface area contributed by atoms with Crippen LogP contribution in [0.1, 0.15) is 41.4 Å². The van der Waals surface area contributed by atoms with Crippen LogP contribution in [0.2, 0.25) is 0 Å². The Balaban J connectivity index is 1.72. The maximum absolute atomic E-state index is 13.4. The minimum Gasteiger partial charge on any atom is -0.339 e. The van der Waals surface area contributed by atoms with Crippen molar-refractivity contribution >= 4 is 17.0 Å². The molecule has 1 aliphatic heterocycles. The molecule has 1 atom stereocenters. The number of carbonyl (C=O) groups excluding carboxylic acids is 1. The van der Waals surface area contributed by atoms with Gasteiger partial charge in [0.2, 0.25) is 0 Å². The van der Waals surface area contributed by atoms with Gasteiger partial charge in [-0.05, 0) is 45.6 Å². The van der Waals surface area contributed by atoms with Crippen molar-refractivity contribution in [2.24, 2.45) is 11.7 Å². The fraction of sp³-hybridized carbons (Fsp3) is 0.409. The number of carbonyl (C=O) groups is 1. The minimum atomic E-state index is 0.00943. The molecule has 1 aromatic carbocycles. The highest BCUT2D eigenvalue weighted by Gasteiger charge is 2.28. The number of piperidine rings is 1. The maximum Gasteiger partial charge on any atom is 0.259 e. The molecule has 1 fully saturated rings. The summed E-state index contributed by atoms with van der Waals surface area (Å²) in [5.74, 6) is 0.483. The van der Waals surface area contributed by atoms with Gasteiger partial charge in [-0.15, -0.1) is 0 Å². The topological polar surface area (TPSA) is 85.2 Å². The summed E-state index contributed by atoms with van der Waals surface area (Å²) in [5.41, 5.74) is 10.6. The van der Waals surface area contributed by atoms with Crippen molar-refractivity contribution in [1.29, 1.82) is 0 Å². The molecule has 2 N–H and O–H groups in total. The summed E-state index contributed by atoms with van der Waals surface area (Å²) in [6.45, 7) is 7.38. The van der Waals surface area contributed by atoms with Gasteiger partial charge in [-0.25, -0.2) is 4.98 Å². The van der Waals surface area contributed by atoms with Crippen molar-refractivity contribution in [3.8, 4) is 11.3 Å². The average Bonchev–Trinajstić information content (AvgIpc) is 3.08. The number of amides is 1. The molecule has 0 bridgehead atoms. The number of nitrogens with zero attached hydrogens (tertiary/aromatic N) is 3. The molecule has 1 aliphatic rings. The predicted molar refractivity (Wildman–Crippen MR) is 109 cm³/mol. The summed E-state index contributed by atoms with van der Waals surface area (Å²) in [7, 11) is 0. The molecule has 1 amide bonds. The van der Waals surface area contributed by atoms with Gasteiger partial charge in [0.1, 0.15) is 0 Å². The van der Waals surface area contributed by atoms with Crippen molar-refractivity contribution in [1.82, 2.24) is 15.0 Å². The third kappa shape index (κ3) is 3.40. The molecule has 3 aromatic rings. The van der Waals surface area contributed by atoms with E-state index in [1.54, 1.807) is 0 Å². The zero-order valence-electron chi connectivity index (χ0n) is 16.6. The molecule has 146 valence electrons. The molecule has 6 nitrogen and oxygen atoms in total. The maximum atomic E-state index is 13.4. The minimum absolute atomic E-state index is 0.00943. The Morgan fingerprint density at radius 2 is 1.89 bits per heavy atom. The van der Waals surface area contributed by atoms with Gasteiger partial charge in [-0.3, -0.25) is 4.79 Å². The van der Waals surface area contributed by atoms with E-state index in [2.05, 4.69) is 10.1 Å². The van der Waals surface area contributed by atoms with Crippen molar-refractivity contribution in [3.63, 3.8) is 0 Å². The van der Waals surface area contributed by atoms with Gasteiger partial charge in [0, 0.05) is 24.7 Å². The van der Waals surface area contributed by atoms with Gasteiger partial charge in [0.15, 0.2) is 0 Å². The lowest BCUT2D eigenvalue weighted by Crippen LogP contribution is -2.42. The Hall–Kier alpha value is -2.73. The number of hydrogen-bond donors (Lipinski definition) is 1. The van der Waals surface area contributed by atoms with Gasteiger partial charge >= 0.3 is 0 Å². The molecule has 1 unspecified atom stereocenters.